The highest BCUT2D eigenvalue weighted by molar-refractivity contribution is 7.85. The second-order valence-electron chi connectivity index (χ2n) is 8.81. The Morgan fingerprint density at radius 2 is 1.44 bits per heavy atom. The molecule has 0 aliphatic carbocycles. The van der Waals surface area contributed by atoms with E-state index in [9.17, 15) is 13.2 Å². The molecular formula is C25H35NO7S. The molecule has 0 heterocycles. The van der Waals surface area contributed by atoms with E-state index in [1.54, 1.807) is 0 Å². The van der Waals surface area contributed by atoms with Gasteiger partial charge in [-0.15, -0.1) is 0 Å². The quantitative estimate of drug-likeness (QED) is 0.322. The van der Waals surface area contributed by atoms with Gasteiger partial charge in [0.05, 0.1) is 26.1 Å². The summed E-state index contributed by atoms with van der Waals surface area (Å²) in [6, 6.07) is 15.5. The molecule has 0 radical (unpaired) electrons. The minimum atomic E-state index is -3.38. The molecule has 0 aliphatic rings. The maximum absolute atomic E-state index is 11.8. The fourth-order valence-corrected chi connectivity index (χ4v) is 3.30. The van der Waals surface area contributed by atoms with Gasteiger partial charge in [0.1, 0.15) is 11.4 Å². The molecule has 0 aliphatic heterocycles. The molecule has 2 aromatic carbocycles. The molecule has 34 heavy (non-hydrogen) atoms. The molecule has 0 saturated heterocycles. The maximum Gasteiger partial charge on any atom is 0.412 e. The molecule has 0 fully saturated rings. The van der Waals surface area contributed by atoms with Gasteiger partial charge >= 0.3 is 6.09 Å². The number of amides is 1. The lowest BCUT2D eigenvalue weighted by Crippen LogP contribution is -2.27. The number of carbonyl (C=O) groups excluding carboxylic acids is 1. The van der Waals surface area contributed by atoms with E-state index in [0.29, 0.717) is 31.9 Å². The third-order valence-electron chi connectivity index (χ3n) is 4.45. The van der Waals surface area contributed by atoms with Gasteiger partial charge in [-0.25, -0.2) is 4.79 Å². The Kier molecular flexibility index (Phi) is 10.8. The first kappa shape index (κ1) is 27.6. The molecule has 1 N–H and O–H groups in total. The van der Waals surface area contributed by atoms with Crippen LogP contribution in [0.4, 0.5) is 10.5 Å². The van der Waals surface area contributed by atoms with Crippen molar-refractivity contribution in [2.24, 2.45) is 0 Å². The number of anilines is 1. The zero-order valence-electron chi connectivity index (χ0n) is 20.3. The van der Waals surface area contributed by atoms with Gasteiger partial charge in [-0.2, -0.15) is 8.42 Å². The van der Waals surface area contributed by atoms with Gasteiger partial charge < -0.3 is 14.2 Å². The third kappa shape index (κ3) is 12.6. The Hall–Kier alpha value is -2.62. The first-order valence-corrected chi connectivity index (χ1v) is 13.0. The minimum Gasteiger partial charge on any atom is -0.493 e. The topological polar surface area (TPSA) is 100 Å². The van der Waals surface area contributed by atoms with E-state index < -0.39 is 21.8 Å². The standard InChI is InChI=1S/C25H35NO7S/c1-25(2,3)33-24(27)26-22-10-6-20(7-11-22)15-19-31-23-12-8-21(9-13-23)14-18-30-16-5-17-32-34(4,28)29/h6-13H,5,14-19H2,1-4H3,(H,26,27). The van der Waals surface area contributed by atoms with Crippen molar-refractivity contribution in [1.29, 1.82) is 0 Å². The highest BCUT2D eigenvalue weighted by atomic mass is 32.2. The van der Waals surface area contributed by atoms with Gasteiger partial charge in [-0.05, 0) is 69.0 Å². The molecule has 0 aromatic heterocycles. The first-order valence-electron chi connectivity index (χ1n) is 11.2. The number of ether oxygens (including phenoxy) is 3. The molecule has 1 amide bonds. The number of hydrogen-bond acceptors (Lipinski definition) is 7. The Labute approximate surface area is 202 Å². The van der Waals surface area contributed by atoms with Gasteiger partial charge in [0.15, 0.2) is 0 Å². The van der Waals surface area contributed by atoms with Crippen LogP contribution < -0.4 is 10.1 Å². The molecule has 2 rings (SSSR count). The van der Waals surface area contributed by atoms with E-state index in [1.807, 2.05) is 69.3 Å². The fourth-order valence-electron chi connectivity index (χ4n) is 2.88. The largest absolute Gasteiger partial charge is 0.493 e. The predicted molar refractivity (Wildman–Crippen MR) is 132 cm³/mol. The predicted octanol–water partition coefficient (Wildman–Crippen LogP) is 4.58. The lowest BCUT2D eigenvalue weighted by atomic mass is 10.1. The van der Waals surface area contributed by atoms with E-state index in [4.69, 9.17) is 14.2 Å². The van der Waals surface area contributed by atoms with Crippen LogP contribution in [0.5, 0.6) is 5.75 Å². The van der Waals surface area contributed by atoms with Gasteiger partial charge in [0, 0.05) is 18.7 Å². The molecule has 0 saturated carbocycles. The van der Waals surface area contributed by atoms with Crippen LogP contribution in [0.25, 0.3) is 0 Å². The molecule has 0 spiro atoms. The van der Waals surface area contributed by atoms with Crippen LogP contribution in [0.15, 0.2) is 48.5 Å². The number of rotatable bonds is 13. The normalized spacial score (nSPS) is 11.8. The zero-order chi connectivity index (χ0) is 25.0. The summed E-state index contributed by atoms with van der Waals surface area (Å²) in [5.41, 5.74) is 2.38. The zero-order valence-corrected chi connectivity index (χ0v) is 21.2. The van der Waals surface area contributed by atoms with E-state index in [1.165, 1.54) is 0 Å². The summed E-state index contributed by atoms with van der Waals surface area (Å²) in [5, 5.41) is 2.72. The molecule has 0 atom stereocenters. The van der Waals surface area contributed by atoms with Crippen molar-refractivity contribution in [3.05, 3.63) is 59.7 Å². The number of benzene rings is 2. The van der Waals surface area contributed by atoms with Crippen molar-refractivity contribution in [1.82, 2.24) is 0 Å². The Balaban J connectivity index is 1.63. The molecule has 0 bridgehead atoms. The van der Waals surface area contributed by atoms with Crippen molar-refractivity contribution in [2.75, 3.05) is 38.0 Å². The summed E-state index contributed by atoms with van der Waals surface area (Å²) in [6.07, 6.45) is 2.59. The Morgan fingerprint density at radius 1 is 0.853 bits per heavy atom. The van der Waals surface area contributed by atoms with Gasteiger partial charge in [-0.1, -0.05) is 24.3 Å². The number of nitrogens with one attached hydrogen (secondary N) is 1. The van der Waals surface area contributed by atoms with Crippen LogP contribution in [0.2, 0.25) is 0 Å². The Morgan fingerprint density at radius 3 is 2.03 bits per heavy atom. The van der Waals surface area contributed by atoms with Gasteiger partial charge in [0.25, 0.3) is 10.1 Å². The summed E-state index contributed by atoms with van der Waals surface area (Å²) in [5.74, 6) is 0.797. The van der Waals surface area contributed by atoms with Crippen molar-refractivity contribution in [3.63, 3.8) is 0 Å². The summed E-state index contributed by atoms with van der Waals surface area (Å²) >= 11 is 0. The van der Waals surface area contributed by atoms with E-state index >= 15 is 0 Å². The highest BCUT2D eigenvalue weighted by Crippen LogP contribution is 2.15. The molecule has 0 unspecified atom stereocenters. The van der Waals surface area contributed by atoms with Crippen LogP contribution in [0.1, 0.15) is 38.3 Å². The average molecular weight is 494 g/mol. The minimum absolute atomic E-state index is 0.137. The lowest BCUT2D eigenvalue weighted by Gasteiger charge is -2.19. The first-order chi connectivity index (χ1) is 16.0. The fraction of sp³-hybridized carbons (Fsp3) is 0.480. The van der Waals surface area contributed by atoms with Crippen LogP contribution in [0.3, 0.4) is 0 Å². The van der Waals surface area contributed by atoms with Crippen LogP contribution in [0, 0.1) is 0 Å². The smallest absolute Gasteiger partial charge is 0.412 e. The number of carbonyl (C=O) groups is 1. The van der Waals surface area contributed by atoms with Gasteiger partial charge in [0.2, 0.25) is 0 Å². The lowest BCUT2D eigenvalue weighted by molar-refractivity contribution is 0.0636. The average Bonchev–Trinajstić information content (AvgIpc) is 2.73. The molecular weight excluding hydrogens is 458 g/mol. The van der Waals surface area contributed by atoms with Crippen molar-refractivity contribution >= 4 is 21.9 Å². The SMILES string of the molecule is CC(C)(C)OC(=O)Nc1ccc(CCOc2ccc(CCOCCCOS(C)(=O)=O)cc2)cc1. The molecule has 188 valence electrons. The summed E-state index contributed by atoms with van der Waals surface area (Å²) in [7, 11) is -3.38. The van der Waals surface area contributed by atoms with Crippen LogP contribution >= 0.6 is 0 Å². The Bertz CT molecular complexity index is 981. The van der Waals surface area contributed by atoms with E-state index in [-0.39, 0.29) is 6.61 Å². The number of hydrogen-bond donors (Lipinski definition) is 1. The summed E-state index contributed by atoms with van der Waals surface area (Å²) in [4.78, 5) is 11.8. The molecule has 9 heteroatoms. The summed E-state index contributed by atoms with van der Waals surface area (Å²) < 4.78 is 43.0. The van der Waals surface area contributed by atoms with E-state index in [2.05, 4.69) is 9.50 Å². The van der Waals surface area contributed by atoms with Crippen molar-refractivity contribution in [3.8, 4) is 5.75 Å². The van der Waals surface area contributed by atoms with Crippen molar-refractivity contribution in [2.45, 2.75) is 45.6 Å². The van der Waals surface area contributed by atoms with Crippen molar-refractivity contribution < 1.29 is 31.6 Å². The maximum atomic E-state index is 11.8. The van der Waals surface area contributed by atoms with Crippen LogP contribution in [-0.2, 0) is 36.6 Å². The second kappa shape index (κ2) is 13.3. The monoisotopic (exact) mass is 493 g/mol. The highest BCUT2D eigenvalue weighted by Gasteiger charge is 2.16. The summed E-state index contributed by atoms with van der Waals surface area (Å²) in [6.45, 7) is 7.15. The second-order valence-corrected chi connectivity index (χ2v) is 10.5. The molecule has 2 aromatic rings. The third-order valence-corrected chi connectivity index (χ3v) is 5.04. The van der Waals surface area contributed by atoms with Gasteiger partial charge in [-0.3, -0.25) is 9.50 Å². The van der Waals surface area contributed by atoms with Crippen LogP contribution in [-0.4, -0.2) is 52.8 Å². The molecule has 8 nitrogen and oxygen atoms in total. The van der Waals surface area contributed by atoms with E-state index in [0.717, 1.165) is 36.0 Å².